The summed E-state index contributed by atoms with van der Waals surface area (Å²) < 4.78 is 11.2. The van der Waals surface area contributed by atoms with Crippen molar-refractivity contribution in [3.63, 3.8) is 0 Å². The van der Waals surface area contributed by atoms with Crippen LogP contribution in [-0.2, 0) is 11.2 Å². The summed E-state index contributed by atoms with van der Waals surface area (Å²) in [4.78, 5) is 4.60. The van der Waals surface area contributed by atoms with Crippen LogP contribution in [0.2, 0.25) is 0 Å². The van der Waals surface area contributed by atoms with Gasteiger partial charge in [0.15, 0.2) is 0 Å². The van der Waals surface area contributed by atoms with Crippen LogP contribution < -0.4 is 5.32 Å². The molecule has 1 aliphatic rings. The van der Waals surface area contributed by atoms with E-state index in [1.54, 1.807) is 0 Å². The number of aryl methyl sites for hydroxylation is 1. The van der Waals surface area contributed by atoms with Crippen molar-refractivity contribution in [1.29, 1.82) is 0 Å². The summed E-state index contributed by atoms with van der Waals surface area (Å²) in [5.74, 6) is 2.20. The monoisotopic (exact) mass is 224 g/mol. The third-order valence-corrected chi connectivity index (χ3v) is 2.83. The van der Waals surface area contributed by atoms with Gasteiger partial charge in [-0.15, -0.1) is 0 Å². The van der Waals surface area contributed by atoms with Gasteiger partial charge in [-0.2, -0.15) is 0 Å². The summed E-state index contributed by atoms with van der Waals surface area (Å²) in [5, 5.41) is 3.36. The molecule has 0 amide bonds. The van der Waals surface area contributed by atoms with Gasteiger partial charge in [0.25, 0.3) is 0 Å². The van der Waals surface area contributed by atoms with Gasteiger partial charge in [0.2, 0.25) is 5.89 Å². The smallest absolute Gasteiger partial charge is 0.214 e. The molecule has 90 valence electrons. The van der Waals surface area contributed by atoms with Crippen molar-refractivity contribution in [3.05, 3.63) is 17.3 Å². The van der Waals surface area contributed by atoms with Gasteiger partial charge in [0, 0.05) is 13.0 Å². The average Bonchev–Trinajstić information content (AvgIpc) is 2.74. The van der Waals surface area contributed by atoms with Crippen LogP contribution in [0, 0.1) is 0 Å². The van der Waals surface area contributed by atoms with Crippen molar-refractivity contribution in [1.82, 2.24) is 10.3 Å². The van der Waals surface area contributed by atoms with E-state index >= 15 is 0 Å². The molecule has 0 radical (unpaired) electrons. The fourth-order valence-corrected chi connectivity index (χ4v) is 1.96. The van der Waals surface area contributed by atoms with Crippen LogP contribution in [0.1, 0.15) is 50.1 Å². The minimum absolute atomic E-state index is 0.117. The first-order valence-electron chi connectivity index (χ1n) is 6.03. The van der Waals surface area contributed by atoms with Crippen molar-refractivity contribution >= 4 is 0 Å². The van der Waals surface area contributed by atoms with Crippen LogP contribution in [0.4, 0.5) is 0 Å². The molecule has 1 aliphatic heterocycles. The van der Waals surface area contributed by atoms with E-state index in [4.69, 9.17) is 9.15 Å². The molecule has 0 saturated carbocycles. The summed E-state index contributed by atoms with van der Waals surface area (Å²) in [6.45, 7) is 8.68. The Morgan fingerprint density at radius 3 is 2.81 bits per heavy atom. The van der Waals surface area contributed by atoms with Crippen LogP contribution in [0.3, 0.4) is 0 Å². The number of ether oxygens (including phenoxy) is 1. The Kier molecular flexibility index (Phi) is 3.61. The standard InChI is InChI=1S/C12H20N2O2/c1-4-10-11(8(2)3)14-12(16-10)9-7-15-6-5-13-9/h8-9,13H,4-7H2,1-3H3. The molecule has 1 atom stereocenters. The number of hydrogen-bond donors (Lipinski definition) is 1. The molecule has 0 aromatic carbocycles. The summed E-state index contributed by atoms with van der Waals surface area (Å²) >= 11 is 0. The van der Waals surface area contributed by atoms with Crippen LogP contribution in [0.25, 0.3) is 0 Å². The molecule has 1 unspecified atom stereocenters. The lowest BCUT2D eigenvalue weighted by Gasteiger charge is -2.20. The highest BCUT2D eigenvalue weighted by Gasteiger charge is 2.23. The van der Waals surface area contributed by atoms with E-state index < -0.39 is 0 Å². The van der Waals surface area contributed by atoms with E-state index in [1.165, 1.54) is 0 Å². The molecule has 16 heavy (non-hydrogen) atoms. The SMILES string of the molecule is CCc1oc(C2COCCN2)nc1C(C)C. The van der Waals surface area contributed by atoms with Crippen LogP contribution in [0.5, 0.6) is 0 Å². The van der Waals surface area contributed by atoms with Crippen LogP contribution in [-0.4, -0.2) is 24.7 Å². The Morgan fingerprint density at radius 1 is 1.50 bits per heavy atom. The fourth-order valence-electron chi connectivity index (χ4n) is 1.96. The lowest BCUT2D eigenvalue weighted by molar-refractivity contribution is 0.0677. The number of aromatic nitrogens is 1. The van der Waals surface area contributed by atoms with Gasteiger partial charge < -0.3 is 14.5 Å². The number of morpholine rings is 1. The third kappa shape index (κ3) is 2.28. The molecule has 0 spiro atoms. The Bertz CT molecular complexity index is 341. The predicted octanol–water partition coefficient (Wildman–Crippen LogP) is 2.02. The lowest BCUT2D eigenvalue weighted by Crippen LogP contribution is -2.34. The highest BCUT2D eigenvalue weighted by atomic mass is 16.5. The highest BCUT2D eigenvalue weighted by molar-refractivity contribution is 5.15. The molecular weight excluding hydrogens is 204 g/mol. The fraction of sp³-hybridized carbons (Fsp3) is 0.750. The van der Waals surface area contributed by atoms with E-state index in [9.17, 15) is 0 Å². The lowest BCUT2D eigenvalue weighted by atomic mass is 10.1. The Labute approximate surface area is 96.4 Å². The molecule has 2 rings (SSSR count). The van der Waals surface area contributed by atoms with Gasteiger partial charge in [-0.1, -0.05) is 20.8 Å². The minimum atomic E-state index is 0.117. The Hall–Kier alpha value is -0.870. The number of hydrogen-bond acceptors (Lipinski definition) is 4. The zero-order valence-electron chi connectivity index (χ0n) is 10.2. The van der Waals surface area contributed by atoms with Crippen LogP contribution >= 0.6 is 0 Å². The first kappa shape index (κ1) is 11.6. The largest absolute Gasteiger partial charge is 0.444 e. The van der Waals surface area contributed by atoms with E-state index in [1.807, 2.05) is 0 Å². The summed E-state index contributed by atoms with van der Waals surface area (Å²) in [6.07, 6.45) is 0.897. The summed E-state index contributed by atoms with van der Waals surface area (Å²) in [7, 11) is 0. The second kappa shape index (κ2) is 4.97. The second-order valence-corrected chi connectivity index (χ2v) is 4.45. The quantitative estimate of drug-likeness (QED) is 0.853. The van der Waals surface area contributed by atoms with Crippen molar-refractivity contribution in [3.8, 4) is 0 Å². The zero-order chi connectivity index (χ0) is 11.5. The molecule has 1 N–H and O–H groups in total. The van der Waals surface area contributed by atoms with Crippen molar-refractivity contribution < 1.29 is 9.15 Å². The Morgan fingerprint density at radius 2 is 2.31 bits per heavy atom. The van der Waals surface area contributed by atoms with Crippen LogP contribution in [0.15, 0.2) is 4.42 Å². The van der Waals surface area contributed by atoms with Gasteiger partial charge in [-0.25, -0.2) is 4.98 Å². The highest BCUT2D eigenvalue weighted by Crippen LogP contribution is 2.24. The number of nitrogens with one attached hydrogen (secondary N) is 1. The molecule has 1 aromatic rings. The van der Waals surface area contributed by atoms with Gasteiger partial charge in [-0.05, 0) is 5.92 Å². The molecule has 0 bridgehead atoms. The van der Waals surface area contributed by atoms with E-state index in [0.29, 0.717) is 12.5 Å². The second-order valence-electron chi connectivity index (χ2n) is 4.45. The van der Waals surface area contributed by atoms with Crippen molar-refractivity contribution in [2.24, 2.45) is 0 Å². The van der Waals surface area contributed by atoms with Crippen molar-refractivity contribution in [2.45, 2.75) is 39.2 Å². The van der Waals surface area contributed by atoms with E-state index in [2.05, 4.69) is 31.1 Å². The summed E-state index contributed by atoms with van der Waals surface area (Å²) in [5.41, 5.74) is 1.09. The normalized spacial score (nSPS) is 21.6. The van der Waals surface area contributed by atoms with Crippen molar-refractivity contribution in [2.75, 3.05) is 19.8 Å². The maximum atomic E-state index is 5.81. The molecular formula is C12H20N2O2. The van der Waals surface area contributed by atoms with Gasteiger partial charge in [0.05, 0.1) is 18.9 Å². The molecule has 1 fully saturated rings. The molecule has 1 aromatic heterocycles. The number of rotatable bonds is 3. The maximum Gasteiger partial charge on any atom is 0.214 e. The maximum absolute atomic E-state index is 5.81. The molecule has 1 saturated heterocycles. The van der Waals surface area contributed by atoms with Gasteiger partial charge in [0.1, 0.15) is 11.8 Å². The van der Waals surface area contributed by atoms with Gasteiger partial charge >= 0.3 is 0 Å². The van der Waals surface area contributed by atoms with Gasteiger partial charge in [-0.3, -0.25) is 0 Å². The number of nitrogens with zero attached hydrogens (tertiary/aromatic N) is 1. The molecule has 2 heterocycles. The van der Waals surface area contributed by atoms with E-state index in [-0.39, 0.29) is 6.04 Å². The zero-order valence-corrected chi connectivity index (χ0v) is 10.2. The first-order valence-corrected chi connectivity index (χ1v) is 6.03. The molecule has 4 heteroatoms. The molecule has 4 nitrogen and oxygen atoms in total. The minimum Gasteiger partial charge on any atom is -0.444 e. The third-order valence-electron chi connectivity index (χ3n) is 2.83. The Balaban J connectivity index is 2.20. The predicted molar refractivity (Wildman–Crippen MR) is 61.5 cm³/mol. The summed E-state index contributed by atoms with van der Waals surface area (Å²) in [6, 6.07) is 0.117. The first-order chi connectivity index (χ1) is 7.72. The average molecular weight is 224 g/mol. The number of oxazole rings is 1. The molecule has 0 aliphatic carbocycles. The van der Waals surface area contributed by atoms with E-state index in [0.717, 1.165) is 36.9 Å². The topological polar surface area (TPSA) is 47.3 Å².